The van der Waals surface area contributed by atoms with E-state index in [1.54, 1.807) is 42.5 Å². The first-order valence-corrected chi connectivity index (χ1v) is 11.2. The molecule has 0 saturated carbocycles. The minimum absolute atomic E-state index is 0.0156. The Morgan fingerprint density at radius 3 is 2.03 bits per heavy atom. The predicted octanol–water partition coefficient (Wildman–Crippen LogP) is 5.10. The molecule has 0 aromatic heterocycles. The Labute approximate surface area is 184 Å². The lowest BCUT2D eigenvalue weighted by Gasteiger charge is -2.24. The van der Waals surface area contributed by atoms with Crippen LogP contribution in [0.25, 0.3) is 0 Å². The zero-order chi connectivity index (χ0) is 23.4. The number of sulfonamides is 1. The summed E-state index contributed by atoms with van der Waals surface area (Å²) in [6, 6.07) is 18.4. The molecule has 0 fully saturated rings. The number of nitrogens with one attached hydrogen (secondary N) is 1. The van der Waals surface area contributed by atoms with Crippen LogP contribution in [0.3, 0.4) is 0 Å². The Kier molecular flexibility index (Phi) is 6.88. The minimum Gasteiger partial charge on any atom is -0.325 e. The first-order valence-electron chi connectivity index (χ1n) is 9.75. The van der Waals surface area contributed by atoms with Crippen LogP contribution in [0.15, 0.2) is 83.8 Å². The molecule has 0 saturated heterocycles. The smallest absolute Gasteiger partial charge is 0.325 e. The Bertz CT molecular complexity index is 1160. The van der Waals surface area contributed by atoms with Crippen LogP contribution < -0.4 is 9.62 Å². The Hall–Kier alpha value is -3.33. The molecule has 0 radical (unpaired) electrons. The SMILES string of the molecule is CCc1ccc(N(CC(=O)Nc2ccc(C(F)(F)F)cc2)S(=O)(=O)c2ccccc2)cc1. The Balaban J connectivity index is 1.87. The molecule has 0 heterocycles. The van der Waals surface area contributed by atoms with E-state index in [4.69, 9.17) is 0 Å². The zero-order valence-electron chi connectivity index (χ0n) is 17.1. The van der Waals surface area contributed by atoms with Gasteiger partial charge in [0.15, 0.2) is 0 Å². The molecular weight excluding hydrogens is 441 g/mol. The van der Waals surface area contributed by atoms with Crippen molar-refractivity contribution in [1.29, 1.82) is 0 Å². The van der Waals surface area contributed by atoms with Crippen LogP contribution in [0.2, 0.25) is 0 Å². The third kappa shape index (κ3) is 5.47. The largest absolute Gasteiger partial charge is 0.416 e. The van der Waals surface area contributed by atoms with E-state index < -0.39 is 34.2 Å². The van der Waals surface area contributed by atoms with Crippen molar-refractivity contribution < 1.29 is 26.4 Å². The van der Waals surface area contributed by atoms with Gasteiger partial charge in [0.2, 0.25) is 5.91 Å². The number of alkyl halides is 3. The average Bonchev–Trinajstić information content (AvgIpc) is 2.78. The summed E-state index contributed by atoms with van der Waals surface area (Å²) in [6.45, 7) is 1.41. The number of amides is 1. The standard InChI is InChI=1S/C23H21F3N2O3S/c1-2-17-8-14-20(15-9-17)28(32(30,31)21-6-4-3-5-7-21)16-22(29)27-19-12-10-18(11-13-19)23(24,25)26/h3-15H,2,16H2,1H3,(H,27,29). The minimum atomic E-state index is -4.49. The van der Waals surface area contributed by atoms with E-state index in [1.165, 1.54) is 12.1 Å². The monoisotopic (exact) mass is 462 g/mol. The van der Waals surface area contributed by atoms with Gasteiger partial charge in [0.25, 0.3) is 10.0 Å². The molecule has 0 bridgehead atoms. The van der Waals surface area contributed by atoms with Gasteiger partial charge in [0, 0.05) is 5.69 Å². The summed E-state index contributed by atoms with van der Waals surface area (Å²) in [4.78, 5) is 12.7. The van der Waals surface area contributed by atoms with Gasteiger partial charge in [-0.15, -0.1) is 0 Å². The molecule has 0 aliphatic carbocycles. The zero-order valence-corrected chi connectivity index (χ0v) is 18.0. The topological polar surface area (TPSA) is 66.5 Å². The Morgan fingerprint density at radius 2 is 1.50 bits per heavy atom. The highest BCUT2D eigenvalue weighted by molar-refractivity contribution is 7.92. The molecule has 3 aromatic rings. The van der Waals surface area contributed by atoms with Crippen molar-refractivity contribution >= 4 is 27.3 Å². The summed E-state index contributed by atoms with van der Waals surface area (Å²) >= 11 is 0. The van der Waals surface area contributed by atoms with Gasteiger partial charge in [-0.25, -0.2) is 8.42 Å². The van der Waals surface area contributed by atoms with Crippen molar-refractivity contribution in [2.75, 3.05) is 16.2 Å². The molecule has 3 rings (SSSR count). The van der Waals surface area contributed by atoms with Crippen molar-refractivity contribution in [3.8, 4) is 0 Å². The molecule has 3 aromatic carbocycles. The normalized spacial score (nSPS) is 11.8. The fraction of sp³-hybridized carbons (Fsp3) is 0.174. The van der Waals surface area contributed by atoms with Crippen molar-refractivity contribution in [2.45, 2.75) is 24.4 Å². The van der Waals surface area contributed by atoms with Gasteiger partial charge in [-0.3, -0.25) is 9.10 Å². The van der Waals surface area contributed by atoms with E-state index in [9.17, 15) is 26.4 Å². The van der Waals surface area contributed by atoms with Gasteiger partial charge >= 0.3 is 6.18 Å². The first-order chi connectivity index (χ1) is 15.1. The number of carbonyl (C=O) groups excluding carboxylic acids is 1. The van der Waals surface area contributed by atoms with Gasteiger partial charge in [-0.05, 0) is 60.5 Å². The molecule has 9 heteroatoms. The van der Waals surface area contributed by atoms with Gasteiger partial charge < -0.3 is 5.32 Å². The molecule has 168 valence electrons. The molecule has 1 N–H and O–H groups in total. The van der Waals surface area contributed by atoms with E-state index >= 15 is 0 Å². The fourth-order valence-corrected chi connectivity index (χ4v) is 4.45. The molecule has 32 heavy (non-hydrogen) atoms. The number of benzene rings is 3. The lowest BCUT2D eigenvalue weighted by molar-refractivity contribution is -0.137. The van der Waals surface area contributed by atoms with Crippen molar-refractivity contribution in [3.05, 3.63) is 90.0 Å². The summed E-state index contributed by atoms with van der Waals surface area (Å²) in [5.41, 5.74) is 0.579. The van der Waals surface area contributed by atoms with E-state index in [0.29, 0.717) is 5.69 Å². The number of anilines is 2. The summed E-state index contributed by atoms with van der Waals surface area (Å²) in [6.07, 6.45) is -3.73. The Morgan fingerprint density at radius 1 is 0.906 bits per heavy atom. The average molecular weight is 462 g/mol. The highest BCUT2D eigenvalue weighted by Gasteiger charge is 2.30. The lowest BCUT2D eigenvalue weighted by atomic mass is 10.1. The summed E-state index contributed by atoms with van der Waals surface area (Å²) in [7, 11) is -4.06. The fourth-order valence-electron chi connectivity index (χ4n) is 3.01. The molecule has 0 unspecified atom stereocenters. The summed E-state index contributed by atoms with van der Waals surface area (Å²) in [5, 5.41) is 2.45. The number of carbonyl (C=O) groups is 1. The van der Waals surface area contributed by atoms with Crippen LogP contribution in [0, 0.1) is 0 Å². The number of hydrogen-bond acceptors (Lipinski definition) is 3. The highest BCUT2D eigenvalue weighted by Crippen LogP contribution is 2.30. The quantitative estimate of drug-likeness (QED) is 0.531. The summed E-state index contributed by atoms with van der Waals surface area (Å²) < 4.78 is 65.7. The van der Waals surface area contributed by atoms with Crippen molar-refractivity contribution in [3.63, 3.8) is 0 Å². The van der Waals surface area contributed by atoms with Crippen LogP contribution in [-0.2, 0) is 27.4 Å². The molecular formula is C23H21F3N2O3S. The van der Waals surface area contributed by atoms with Crippen molar-refractivity contribution in [2.24, 2.45) is 0 Å². The molecule has 0 aliphatic heterocycles. The van der Waals surface area contributed by atoms with E-state index in [0.717, 1.165) is 40.6 Å². The molecule has 5 nitrogen and oxygen atoms in total. The first kappa shape index (κ1) is 23.3. The van der Waals surface area contributed by atoms with Crippen LogP contribution >= 0.6 is 0 Å². The summed E-state index contributed by atoms with van der Waals surface area (Å²) in [5.74, 6) is -0.691. The number of halogens is 3. The number of hydrogen-bond donors (Lipinski definition) is 1. The van der Waals surface area contributed by atoms with Crippen molar-refractivity contribution in [1.82, 2.24) is 0 Å². The van der Waals surface area contributed by atoms with Gasteiger partial charge in [-0.2, -0.15) is 13.2 Å². The van der Waals surface area contributed by atoms with Gasteiger partial charge in [0.1, 0.15) is 6.54 Å². The molecule has 0 spiro atoms. The second-order valence-corrected chi connectivity index (χ2v) is 8.83. The third-order valence-electron chi connectivity index (χ3n) is 4.75. The predicted molar refractivity (Wildman–Crippen MR) is 117 cm³/mol. The van der Waals surface area contributed by atoms with Gasteiger partial charge in [0.05, 0.1) is 16.1 Å². The second-order valence-electron chi connectivity index (χ2n) is 6.97. The maximum Gasteiger partial charge on any atom is 0.416 e. The lowest BCUT2D eigenvalue weighted by Crippen LogP contribution is -2.38. The third-order valence-corrected chi connectivity index (χ3v) is 6.54. The second kappa shape index (κ2) is 9.44. The number of aryl methyl sites for hydroxylation is 1. The van der Waals surface area contributed by atoms with Crippen LogP contribution in [0.1, 0.15) is 18.1 Å². The maximum atomic E-state index is 13.3. The molecule has 0 aliphatic rings. The van der Waals surface area contributed by atoms with E-state index in [2.05, 4.69) is 5.32 Å². The number of nitrogens with zero attached hydrogens (tertiary/aromatic N) is 1. The van der Waals surface area contributed by atoms with Crippen LogP contribution in [0.4, 0.5) is 24.5 Å². The van der Waals surface area contributed by atoms with E-state index in [1.807, 2.05) is 6.92 Å². The van der Waals surface area contributed by atoms with Crippen LogP contribution in [0.5, 0.6) is 0 Å². The van der Waals surface area contributed by atoms with E-state index in [-0.39, 0.29) is 10.6 Å². The van der Waals surface area contributed by atoms with Gasteiger partial charge in [-0.1, -0.05) is 37.3 Å². The van der Waals surface area contributed by atoms with Crippen LogP contribution in [-0.4, -0.2) is 20.9 Å². The number of rotatable bonds is 7. The molecule has 1 amide bonds. The molecule has 0 atom stereocenters. The highest BCUT2D eigenvalue weighted by atomic mass is 32.2. The maximum absolute atomic E-state index is 13.3.